The smallest absolute Gasteiger partial charge is 0.224 e. The third kappa shape index (κ3) is 1.87. The van der Waals surface area contributed by atoms with E-state index in [0.29, 0.717) is 5.95 Å². The molecule has 0 bridgehead atoms. The molecule has 3 heterocycles. The van der Waals surface area contributed by atoms with Crippen molar-refractivity contribution >= 4 is 11.8 Å². The highest BCUT2D eigenvalue weighted by Crippen LogP contribution is 2.19. The summed E-state index contributed by atoms with van der Waals surface area (Å²) < 4.78 is 2.07. The first-order valence-corrected chi connectivity index (χ1v) is 5.91. The Morgan fingerprint density at radius 2 is 2.17 bits per heavy atom. The maximum Gasteiger partial charge on any atom is 0.224 e. The Hall–Kier alpha value is -2.18. The Morgan fingerprint density at radius 3 is 3.00 bits per heavy atom. The Bertz CT molecular complexity index is 562. The zero-order valence-corrected chi connectivity index (χ0v) is 10.5. The van der Waals surface area contributed by atoms with Crippen molar-refractivity contribution in [3.63, 3.8) is 0 Å². The third-order valence-electron chi connectivity index (χ3n) is 3.03. The van der Waals surface area contributed by atoms with Crippen molar-refractivity contribution in [1.29, 1.82) is 0 Å². The van der Waals surface area contributed by atoms with Gasteiger partial charge in [-0.25, -0.2) is 4.98 Å². The van der Waals surface area contributed by atoms with E-state index in [4.69, 9.17) is 0 Å². The minimum Gasteiger partial charge on any atom is -0.357 e. The lowest BCUT2D eigenvalue weighted by molar-refractivity contribution is 0.556. The Morgan fingerprint density at radius 1 is 1.28 bits per heavy atom. The van der Waals surface area contributed by atoms with Gasteiger partial charge >= 0.3 is 0 Å². The number of rotatable bonds is 2. The fraction of sp³-hybridized carbons (Fsp3) is 0.455. The molecule has 1 aliphatic rings. The molecule has 0 unspecified atom stereocenters. The average molecular weight is 245 g/mol. The van der Waals surface area contributed by atoms with Gasteiger partial charge in [0.2, 0.25) is 5.95 Å². The lowest BCUT2D eigenvalue weighted by atomic mass is 10.3. The van der Waals surface area contributed by atoms with Crippen LogP contribution in [0.15, 0.2) is 12.4 Å². The van der Waals surface area contributed by atoms with Crippen LogP contribution >= 0.6 is 0 Å². The summed E-state index contributed by atoms with van der Waals surface area (Å²) >= 11 is 0. The molecule has 94 valence electrons. The number of hydrogen-bond donors (Lipinski definition) is 1. The molecule has 0 radical (unpaired) electrons. The number of aromatic nitrogens is 5. The summed E-state index contributed by atoms with van der Waals surface area (Å²) in [4.78, 5) is 11.0. The number of hydrogen-bond acceptors (Lipinski definition) is 6. The Kier molecular flexibility index (Phi) is 2.58. The van der Waals surface area contributed by atoms with Crippen molar-refractivity contribution < 1.29 is 0 Å². The van der Waals surface area contributed by atoms with Gasteiger partial charge in [0.1, 0.15) is 12.1 Å². The van der Waals surface area contributed by atoms with Crippen LogP contribution in [0.25, 0.3) is 0 Å². The first kappa shape index (κ1) is 10.9. The topological polar surface area (TPSA) is 71.8 Å². The molecule has 0 saturated carbocycles. The van der Waals surface area contributed by atoms with Gasteiger partial charge in [0.25, 0.3) is 0 Å². The highest BCUT2D eigenvalue weighted by molar-refractivity contribution is 5.45. The molecule has 0 amide bonds. The first-order chi connectivity index (χ1) is 8.76. The molecule has 0 fully saturated rings. The molecular weight excluding hydrogens is 230 g/mol. The van der Waals surface area contributed by atoms with E-state index in [9.17, 15) is 0 Å². The number of fused-ring (bicyclic) bond motifs is 1. The van der Waals surface area contributed by atoms with E-state index in [2.05, 4.69) is 34.9 Å². The second-order valence-electron chi connectivity index (χ2n) is 4.30. The molecule has 1 aliphatic heterocycles. The maximum atomic E-state index is 4.48. The molecule has 18 heavy (non-hydrogen) atoms. The number of nitrogens with one attached hydrogen (secondary N) is 1. The average Bonchev–Trinajstić information content (AvgIpc) is 2.85. The van der Waals surface area contributed by atoms with Crippen molar-refractivity contribution in [3.8, 4) is 0 Å². The van der Waals surface area contributed by atoms with Crippen LogP contribution in [-0.4, -0.2) is 38.3 Å². The zero-order chi connectivity index (χ0) is 12.5. The molecule has 0 atom stereocenters. The molecule has 0 spiro atoms. The van der Waals surface area contributed by atoms with E-state index >= 15 is 0 Å². The van der Waals surface area contributed by atoms with Crippen LogP contribution in [0.2, 0.25) is 0 Å². The van der Waals surface area contributed by atoms with Gasteiger partial charge in [0, 0.05) is 31.9 Å². The predicted octanol–water partition coefficient (Wildman–Crippen LogP) is 0.438. The fourth-order valence-corrected chi connectivity index (χ4v) is 2.09. The molecule has 2 aromatic rings. The van der Waals surface area contributed by atoms with Gasteiger partial charge in [-0.3, -0.25) is 0 Å². The molecule has 3 rings (SSSR count). The molecule has 1 N–H and O–H groups in total. The molecule has 7 heteroatoms. The summed E-state index contributed by atoms with van der Waals surface area (Å²) in [6, 6.07) is 1.99. The fourth-order valence-electron chi connectivity index (χ4n) is 2.09. The number of nitrogens with zero attached hydrogens (tertiary/aromatic N) is 6. The Labute approximate surface area is 105 Å². The van der Waals surface area contributed by atoms with Crippen LogP contribution in [0, 0.1) is 6.92 Å². The lowest BCUT2D eigenvalue weighted by Gasteiger charge is -2.28. The van der Waals surface area contributed by atoms with Crippen molar-refractivity contribution in [2.45, 2.75) is 20.0 Å². The SMILES string of the molecule is CNc1nc(C)cc(N2CCn3cnnc3C2)n1. The van der Waals surface area contributed by atoms with Crippen molar-refractivity contribution in [1.82, 2.24) is 24.7 Å². The van der Waals surface area contributed by atoms with E-state index in [1.165, 1.54) is 0 Å². The van der Waals surface area contributed by atoms with Gasteiger partial charge in [-0.2, -0.15) is 4.98 Å². The van der Waals surface area contributed by atoms with Crippen LogP contribution in [0.4, 0.5) is 11.8 Å². The standard InChI is InChI=1S/C11H15N7/c1-8-5-9(15-11(12-2)14-8)17-3-4-18-7-13-16-10(18)6-17/h5,7H,3-4,6H2,1-2H3,(H,12,14,15). The van der Waals surface area contributed by atoms with Crippen molar-refractivity contribution in [2.24, 2.45) is 0 Å². The van der Waals surface area contributed by atoms with Gasteiger partial charge in [0.05, 0.1) is 6.54 Å². The number of anilines is 2. The normalized spacial score (nSPS) is 14.4. The molecular formula is C11H15N7. The molecule has 0 saturated heterocycles. The predicted molar refractivity (Wildman–Crippen MR) is 67.4 cm³/mol. The van der Waals surface area contributed by atoms with Crippen LogP contribution in [-0.2, 0) is 13.1 Å². The van der Waals surface area contributed by atoms with Gasteiger partial charge in [-0.1, -0.05) is 0 Å². The largest absolute Gasteiger partial charge is 0.357 e. The lowest BCUT2D eigenvalue weighted by Crippen LogP contribution is -2.34. The van der Waals surface area contributed by atoms with Crippen molar-refractivity contribution in [3.05, 3.63) is 23.9 Å². The third-order valence-corrected chi connectivity index (χ3v) is 3.03. The van der Waals surface area contributed by atoms with E-state index in [1.807, 2.05) is 20.0 Å². The van der Waals surface area contributed by atoms with Gasteiger partial charge in [-0.15, -0.1) is 10.2 Å². The minimum atomic E-state index is 0.650. The summed E-state index contributed by atoms with van der Waals surface area (Å²) in [6.45, 7) is 4.50. The van der Waals surface area contributed by atoms with Crippen LogP contribution in [0.1, 0.15) is 11.5 Å². The van der Waals surface area contributed by atoms with Crippen molar-refractivity contribution in [2.75, 3.05) is 23.8 Å². The summed E-state index contributed by atoms with van der Waals surface area (Å²) in [5.74, 6) is 2.56. The van der Waals surface area contributed by atoms with Crippen LogP contribution in [0.5, 0.6) is 0 Å². The minimum absolute atomic E-state index is 0.650. The summed E-state index contributed by atoms with van der Waals surface area (Å²) in [5.41, 5.74) is 0.955. The summed E-state index contributed by atoms with van der Waals surface area (Å²) in [7, 11) is 1.82. The van der Waals surface area contributed by atoms with Gasteiger partial charge < -0.3 is 14.8 Å². The van der Waals surface area contributed by atoms with Gasteiger partial charge in [-0.05, 0) is 6.92 Å². The highest BCUT2D eigenvalue weighted by Gasteiger charge is 2.19. The second-order valence-corrected chi connectivity index (χ2v) is 4.30. The monoisotopic (exact) mass is 245 g/mol. The van der Waals surface area contributed by atoms with E-state index in [1.54, 1.807) is 6.33 Å². The quantitative estimate of drug-likeness (QED) is 0.827. The summed E-state index contributed by atoms with van der Waals surface area (Å²) in [5, 5.41) is 11.0. The van der Waals surface area contributed by atoms with Gasteiger partial charge in [0.15, 0.2) is 5.82 Å². The number of aryl methyl sites for hydroxylation is 1. The van der Waals surface area contributed by atoms with E-state index in [-0.39, 0.29) is 0 Å². The molecule has 2 aromatic heterocycles. The van der Waals surface area contributed by atoms with E-state index < -0.39 is 0 Å². The maximum absolute atomic E-state index is 4.48. The zero-order valence-electron chi connectivity index (χ0n) is 10.5. The molecule has 0 aliphatic carbocycles. The summed E-state index contributed by atoms with van der Waals surface area (Å²) in [6.07, 6.45) is 1.77. The van der Waals surface area contributed by atoms with Crippen LogP contribution in [0.3, 0.4) is 0 Å². The molecule has 0 aromatic carbocycles. The first-order valence-electron chi connectivity index (χ1n) is 5.91. The van der Waals surface area contributed by atoms with Crippen LogP contribution < -0.4 is 10.2 Å². The second kappa shape index (κ2) is 4.25. The highest BCUT2D eigenvalue weighted by atomic mass is 15.3. The molecule has 7 nitrogen and oxygen atoms in total. The van der Waals surface area contributed by atoms with E-state index in [0.717, 1.165) is 37.0 Å². The Balaban J connectivity index is 1.90.